The summed E-state index contributed by atoms with van der Waals surface area (Å²) < 4.78 is 11.1. The first-order valence-corrected chi connectivity index (χ1v) is 7.99. The molecule has 0 amide bonds. The molecule has 4 heteroatoms. The van der Waals surface area contributed by atoms with Crippen molar-refractivity contribution in [3.05, 3.63) is 47.5 Å². The molecule has 0 saturated heterocycles. The minimum Gasteiger partial charge on any atom is -0.493 e. The van der Waals surface area contributed by atoms with Crippen LogP contribution in [0.4, 0.5) is 11.4 Å². The highest BCUT2D eigenvalue weighted by molar-refractivity contribution is 6.18. The largest absolute Gasteiger partial charge is 0.493 e. The van der Waals surface area contributed by atoms with Crippen molar-refractivity contribution < 1.29 is 9.47 Å². The molecule has 1 aliphatic heterocycles. The maximum Gasteiger partial charge on any atom is 0.165 e. The molecule has 0 aliphatic carbocycles. The van der Waals surface area contributed by atoms with Gasteiger partial charge >= 0.3 is 0 Å². The van der Waals surface area contributed by atoms with Crippen molar-refractivity contribution in [3.8, 4) is 11.5 Å². The van der Waals surface area contributed by atoms with Gasteiger partial charge in [0.05, 0.1) is 14.2 Å². The first kappa shape index (κ1) is 15.0. The molecule has 3 nitrogen and oxygen atoms in total. The molecule has 2 aromatic carbocycles. The summed E-state index contributed by atoms with van der Waals surface area (Å²) in [4.78, 5) is 2.28. The van der Waals surface area contributed by atoms with E-state index in [9.17, 15) is 0 Å². The molecule has 116 valence electrons. The number of methoxy groups -OCH3 is 2. The zero-order valence-corrected chi connectivity index (χ0v) is 13.7. The van der Waals surface area contributed by atoms with Crippen molar-refractivity contribution in [1.29, 1.82) is 0 Å². The van der Waals surface area contributed by atoms with Crippen LogP contribution in [0.2, 0.25) is 0 Å². The van der Waals surface area contributed by atoms with Gasteiger partial charge in [-0.3, -0.25) is 0 Å². The molecule has 0 fully saturated rings. The third-order valence-electron chi connectivity index (χ3n) is 4.15. The van der Waals surface area contributed by atoms with Crippen molar-refractivity contribution in [3.63, 3.8) is 0 Å². The van der Waals surface area contributed by atoms with E-state index in [0.29, 0.717) is 5.88 Å². The number of aryl methyl sites for hydroxylation is 1. The molecule has 0 unspecified atom stereocenters. The lowest BCUT2D eigenvalue weighted by molar-refractivity contribution is 0.352. The molecule has 3 rings (SSSR count). The number of nitrogens with zero attached hydrogens (tertiary/aromatic N) is 1. The molecule has 0 saturated carbocycles. The molecule has 0 bridgehead atoms. The zero-order valence-electron chi connectivity index (χ0n) is 12.9. The Kier molecular flexibility index (Phi) is 4.44. The number of para-hydroxylation sites is 1. The molecule has 1 aliphatic rings. The number of alkyl halides is 1. The summed E-state index contributed by atoms with van der Waals surface area (Å²) in [5, 5.41) is 0. The quantitative estimate of drug-likeness (QED) is 0.790. The van der Waals surface area contributed by atoms with E-state index in [4.69, 9.17) is 21.1 Å². The van der Waals surface area contributed by atoms with Crippen molar-refractivity contribution in [2.45, 2.75) is 12.8 Å². The second-order valence-corrected chi connectivity index (χ2v) is 5.65. The molecule has 0 spiro atoms. The summed E-state index contributed by atoms with van der Waals surface area (Å²) in [6.07, 6.45) is 1.90. The number of benzene rings is 2. The maximum atomic E-state index is 6.06. The van der Waals surface area contributed by atoms with Crippen LogP contribution < -0.4 is 14.4 Å². The third-order valence-corrected chi connectivity index (χ3v) is 4.32. The summed E-state index contributed by atoms with van der Waals surface area (Å²) in [7, 11) is 3.37. The smallest absolute Gasteiger partial charge is 0.165 e. The topological polar surface area (TPSA) is 21.7 Å². The standard InChI is InChI=1S/C18H20ClNO2/c1-21-17-10-9-16-14(18(17)22-2)8-7-13-5-3-4-6-15(13)20(16)12-11-19/h3-6,9-10H,7-8,11-12H2,1-2H3. The number of rotatable bonds is 4. The van der Waals surface area contributed by atoms with E-state index in [1.54, 1.807) is 14.2 Å². The first-order chi connectivity index (χ1) is 10.8. The van der Waals surface area contributed by atoms with Gasteiger partial charge in [-0.15, -0.1) is 11.6 Å². The number of hydrogen-bond donors (Lipinski definition) is 0. The van der Waals surface area contributed by atoms with Crippen molar-refractivity contribution >= 4 is 23.0 Å². The fourth-order valence-electron chi connectivity index (χ4n) is 3.18. The fourth-order valence-corrected chi connectivity index (χ4v) is 3.34. The van der Waals surface area contributed by atoms with Crippen LogP contribution in [0.3, 0.4) is 0 Å². The molecule has 22 heavy (non-hydrogen) atoms. The molecule has 2 aromatic rings. The first-order valence-electron chi connectivity index (χ1n) is 7.45. The fraction of sp³-hybridized carbons (Fsp3) is 0.333. The number of anilines is 2. The van der Waals surface area contributed by atoms with Crippen LogP contribution in [-0.2, 0) is 12.8 Å². The van der Waals surface area contributed by atoms with Gasteiger partial charge in [-0.25, -0.2) is 0 Å². The van der Waals surface area contributed by atoms with E-state index in [1.807, 2.05) is 6.07 Å². The Morgan fingerprint density at radius 2 is 1.82 bits per heavy atom. The SMILES string of the molecule is COc1ccc2c(c1OC)CCc1ccccc1N2CCCl. The van der Waals surface area contributed by atoms with Gasteiger partial charge in [0.25, 0.3) is 0 Å². The zero-order chi connectivity index (χ0) is 15.5. The highest BCUT2D eigenvalue weighted by Crippen LogP contribution is 2.43. The summed E-state index contributed by atoms with van der Waals surface area (Å²) >= 11 is 6.06. The van der Waals surface area contributed by atoms with Crippen LogP contribution in [0.25, 0.3) is 0 Å². The van der Waals surface area contributed by atoms with E-state index < -0.39 is 0 Å². The van der Waals surface area contributed by atoms with E-state index in [1.165, 1.54) is 16.8 Å². The molecule has 1 heterocycles. The van der Waals surface area contributed by atoms with E-state index in [2.05, 4.69) is 35.2 Å². The van der Waals surface area contributed by atoms with Gasteiger partial charge in [0.2, 0.25) is 0 Å². The summed E-state index contributed by atoms with van der Waals surface area (Å²) in [5.41, 5.74) is 4.91. The third kappa shape index (κ3) is 2.50. The van der Waals surface area contributed by atoms with Crippen molar-refractivity contribution in [1.82, 2.24) is 0 Å². The Bertz CT molecular complexity index is 672. The predicted octanol–water partition coefficient (Wildman–Crippen LogP) is 4.18. The number of ether oxygens (including phenoxy) is 2. The minimum absolute atomic E-state index is 0.572. The van der Waals surface area contributed by atoms with Crippen LogP contribution >= 0.6 is 11.6 Å². The second-order valence-electron chi connectivity index (χ2n) is 5.27. The van der Waals surface area contributed by atoms with Crippen LogP contribution in [0.15, 0.2) is 36.4 Å². The Labute approximate surface area is 136 Å². The molecular formula is C18H20ClNO2. The molecule has 0 radical (unpaired) electrons. The maximum absolute atomic E-state index is 6.06. The van der Waals surface area contributed by atoms with Crippen molar-refractivity contribution in [2.75, 3.05) is 31.5 Å². The van der Waals surface area contributed by atoms with Gasteiger partial charge in [0.1, 0.15) is 0 Å². The Hall–Kier alpha value is -1.87. The summed E-state index contributed by atoms with van der Waals surface area (Å²) in [6, 6.07) is 12.6. The highest BCUT2D eigenvalue weighted by Gasteiger charge is 2.24. The minimum atomic E-state index is 0.572. The van der Waals surface area contributed by atoms with Crippen LogP contribution in [0, 0.1) is 0 Å². The normalized spacial score (nSPS) is 13.1. The lowest BCUT2D eigenvalue weighted by Crippen LogP contribution is -2.21. The highest BCUT2D eigenvalue weighted by atomic mass is 35.5. The summed E-state index contributed by atoms with van der Waals surface area (Å²) in [6.45, 7) is 0.765. The molecule has 0 aromatic heterocycles. The number of hydrogen-bond acceptors (Lipinski definition) is 3. The monoisotopic (exact) mass is 317 g/mol. The van der Waals surface area contributed by atoms with Gasteiger partial charge in [-0.05, 0) is 36.6 Å². The second kappa shape index (κ2) is 6.49. The molecular weight excluding hydrogens is 298 g/mol. The van der Waals surface area contributed by atoms with Crippen LogP contribution in [-0.4, -0.2) is 26.6 Å². The van der Waals surface area contributed by atoms with Gasteiger partial charge in [0.15, 0.2) is 11.5 Å². The average Bonchev–Trinajstić information content (AvgIpc) is 2.72. The van der Waals surface area contributed by atoms with Crippen LogP contribution in [0.5, 0.6) is 11.5 Å². The van der Waals surface area contributed by atoms with Crippen molar-refractivity contribution in [2.24, 2.45) is 0 Å². The Morgan fingerprint density at radius 3 is 2.55 bits per heavy atom. The summed E-state index contributed by atoms with van der Waals surface area (Å²) in [5.74, 6) is 2.17. The average molecular weight is 318 g/mol. The van der Waals surface area contributed by atoms with Gasteiger partial charge in [-0.1, -0.05) is 18.2 Å². The van der Waals surface area contributed by atoms with Gasteiger partial charge in [-0.2, -0.15) is 0 Å². The van der Waals surface area contributed by atoms with Crippen LogP contribution in [0.1, 0.15) is 11.1 Å². The molecule has 0 atom stereocenters. The number of fused-ring (bicyclic) bond motifs is 2. The lowest BCUT2D eigenvalue weighted by atomic mass is 10.0. The van der Waals surface area contributed by atoms with Gasteiger partial charge < -0.3 is 14.4 Å². The van der Waals surface area contributed by atoms with E-state index in [0.717, 1.165) is 36.6 Å². The van der Waals surface area contributed by atoms with E-state index in [-0.39, 0.29) is 0 Å². The molecule has 0 N–H and O–H groups in total. The Balaban J connectivity index is 2.19. The Morgan fingerprint density at radius 1 is 1.00 bits per heavy atom. The lowest BCUT2D eigenvalue weighted by Gasteiger charge is -2.27. The predicted molar refractivity (Wildman–Crippen MR) is 91.1 cm³/mol. The van der Waals surface area contributed by atoms with E-state index >= 15 is 0 Å². The van der Waals surface area contributed by atoms with Gasteiger partial charge in [0, 0.05) is 29.4 Å². The number of halogens is 1.